The van der Waals surface area contributed by atoms with Gasteiger partial charge in [0, 0.05) is 5.56 Å². The molecule has 6 nitrogen and oxygen atoms in total. The maximum absolute atomic E-state index is 13.0. The van der Waals surface area contributed by atoms with E-state index in [9.17, 15) is 9.59 Å². The van der Waals surface area contributed by atoms with E-state index in [0.717, 1.165) is 26.9 Å². The van der Waals surface area contributed by atoms with E-state index in [0.29, 0.717) is 41.6 Å². The first-order valence-electron chi connectivity index (χ1n) is 12.1. The van der Waals surface area contributed by atoms with Crippen molar-refractivity contribution >= 4 is 34.4 Å². The van der Waals surface area contributed by atoms with Crippen LogP contribution in [0.3, 0.4) is 0 Å². The van der Waals surface area contributed by atoms with Crippen molar-refractivity contribution in [1.29, 1.82) is 0 Å². The molecule has 5 rings (SSSR count). The number of hydrogen-bond acceptors (Lipinski definition) is 5. The molecular formula is C31H26N2O4. The Bertz CT molecular complexity index is 1530. The minimum absolute atomic E-state index is 0.358. The molecule has 0 aromatic heterocycles. The Kier molecular flexibility index (Phi) is 6.81. The number of rotatable bonds is 7. The molecule has 0 radical (unpaired) electrons. The third kappa shape index (κ3) is 5.00. The summed E-state index contributed by atoms with van der Waals surface area (Å²) in [6.45, 7) is 4.48. The summed E-state index contributed by atoms with van der Waals surface area (Å²) in [6.07, 6.45) is 1.72. The van der Waals surface area contributed by atoms with E-state index in [1.807, 2.05) is 49.4 Å². The normalized spacial score (nSPS) is 14.2. The molecule has 0 saturated heterocycles. The Morgan fingerprint density at radius 1 is 0.892 bits per heavy atom. The second kappa shape index (κ2) is 10.5. The molecule has 0 N–H and O–H groups in total. The second-order valence-electron chi connectivity index (χ2n) is 8.60. The summed E-state index contributed by atoms with van der Waals surface area (Å²) < 4.78 is 12.0. The van der Waals surface area contributed by atoms with Crippen molar-refractivity contribution in [2.75, 3.05) is 6.61 Å². The highest BCUT2D eigenvalue weighted by Crippen LogP contribution is 2.32. The molecule has 1 heterocycles. The summed E-state index contributed by atoms with van der Waals surface area (Å²) in [5.41, 5.74) is 3.06. The highest BCUT2D eigenvalue weighted by atomic mass is 16.5. The first-order valence-corrected chi connectivity index (χ1v) is 12.1. The van der Waals surface area contributed by atoms with Crippen LogP contribution in [0.5, 0.6) is 11.5 Å². The van der Waals surface area contributed by atoms with Crippen LogP contribution in [0.15, 0.2) is 102 Å². The molecule has 184 valence electrons. The first kappa shape index (κ1) is 24.0. The van der Waals surface area contributed by atoms with Crippen molar-refractivity contribution in [1.82, 2.24) is 5.01 Å². The molecule has 1 aliphatic heterocycles. The monoisotopic (exact) mass is 490 g/mol. The smallest absolute Gasteiger partial charge is 0.283 e. The molecule has 0 atom stereocenters. The number of benzene rings is 4. The molecule has 6 heteroatoms. The minimum atomic E-state index is -0.458. The quantitative estimate of drug-likeness (QED) is 0.227. The zero-order valence-electron chi connectivity index (χ0n) is 20.7. The third-order valence-corrected chi connectivity index (χ3v) is 6.12. The van der Waals surface area contributed by atoms with Gasteiger partial charge in [0.05, 0.1) is 17.9 Å². The van der Waals surface area contributed by atoms with Gasteiger partial charge in [0.15, 0.2) is 11.5 Å². The lowest BCUT2D eigenvalue weighted by Crippen LogP contribution is -2.29. The van der Waals surface area contributed by atoms with Crippen molar-refractivity contribution < 1.29 is 19.1 Å². The molecule has 4 aromatic rings. The van der Waals surface area contributed by atoms with Crippen LogP contribution in [0.1, 0.15) is 35.3 Å². The zero-order chi connectivity index (χ0) is 25.8. The lowest BCUT2D eigenvalue weighted by Gasteiger charge is -2.14. The summed E-state index contributed by atoms with van der Waals surface area (Å²) in [4.78, 5) is 25.8. The maximum Gasteiger partial charge on any atom is 0.283 e. The number of carbonyl (C=O) groups is 2. The van der Waals surface area contributed by atoms with Gasteiger partial charge in [-0.25, -0.2) is 0 Å². The van der Waals surface area contributed by atoms with Crippen molar-refractivity contribution in [3.05, 3.63) is 113 Å². The molecule has 4 aromatic carbocycles. The summed E-state index contributed by atoms with van der Waals surface area (Å²) in [5, 5.41) is 7.44. The Hall–Kier alpha value is -4.71. The first-order chi connectivity index (χ1) is 18.0. The lowest BCUT2D eigenvalue weighted by atomic mass is 10.1. The predicted molar refractivity (Wildman–Crippen MR) is 145 cm³/mol. The van der Waals surface area contributed by atoms with Crippen LogP contribution in [-0.4, -0.2) is 29.1 Å². The fraction of sp³-hybridized carbons (Fsp3) is 0.129. The van der Waals surface area contributed by atoms with Crippen LogP contribution in [0.4, 0.5) is 0 Å². The average Bonchev–Trinajstić information content (AvgIpc) is 3.21. The van der Waals surface area contributed by atoms with Crippen LogP contribution in [0.2, 0.25) is 0 Å². The molecule has 0 spiro atoms. The summed E-state index contributed by atoms with van der Waals surface area (Å²) >= 11 is 0. The van der Waals surface area contributed by atoms with E-state index in [2.05, 4.69) is 29.4 Å². The SMILES string of the molecule is CCOc1cc(/C=C2/C(=O)N(C(=O)c3ccccc3)N=C2C)ccc1OCc1cccc2ccccc12. The number of amides is 2. The van der Waals surface area contributed by atoms with E-state index in [1.165, 1.54) is 0 Å². The van der Waals surface area contributed by atoms with E-state index < -0.39 is 11.8 Å². The Morgan fingerprint density at radius 2 is 1.65 bits per heavy atom. The maximum atomic E-state index is 13.0. The molecule has 1 aliphatic rings. The number of hydrazone groups is 1. The number of carbonyl (C=O) groups excluding carboxylic acids is 2. The minimum Gasteiger partial charge on any atom is -0.490 e. The van der Waals surface area contributed by atoms with E-state index >= 15 is 0 Å². The van der Waals surface area contributed by atoms with Gasteiger partial charge in [-0.05, 0) is 66.1 Å². The fourth-order valence-corrected chi connectivity index (χ4v) is 4.27. The molecular weight excluding hydrogens is 464 g/mol. The van der Waals surface area contributed by atoms with Crippen LogP contribution in [0, 0.1) is 0 Å². The standard InChI is InChI=1S/C31H26N2O4/c1-3-36-29-19-22(16-17-28(29)37-20-25-14-9-13-23-10-7-8-15-26(23)25)18-27-21(2)32-33(31(27)35)30(34)24-11-5-4-6-12-24/h4-19H,3,20H2,1-2H3/b27-18+. The van der Waals surface area contributed by atoms with Crippen LogP contribution >= 0.6 is 0 Å². The third-order valence-electron chi connectivity index (χ3n) is 6.12. The molecule has 0 aliphatic carbocycles. The van der Waals surface area contributed by atoms with Crippen molar-refractivity contribution in [2.24, 2.45) is 5.10 Å². The van der Waals surface area contributed by atoms with Gasteiger partial charge < -0.3 is 9.47 Å². The van der Waals surface area contributed by atoms with Crippen LogP contribution in [-0.2, 0) is 11.4 Å². The number of imide groups is 1. The van der Waals surface area contributed by atoms with Gasteiger partial charge in [-0.3, -0.25) is 9.59 Å². The van der Waals surface area contributed by atoms with Gasteiger partial charge in [0.2, 0.25) is 0 Å². The van der Waals surface area contributed by atoms with Crippen LogP contribution < -0.4 is 9.47 Å². The molecule has 2 amide bonds. The van der Waals surface area contributed by atoms with Gasteiger partial charge in [-0.2, -0.15) is 10.1 Å². The summed E-state index contributed by atoms with van der Waals surface area (Å²) in [6, 6.07) is 28.5. The van der Waals surface area contributed by atoms with Crippen molar-refractivity contribution in [2.45, 2.75) is 20.5 Å². The molecule has 0 bridgehead atoms. The van der Waals surface area contributed by atoms with Crippen molar-refractivity contribution in [3.63, 3.8) is 0 Å². The Labute approximate surface area is 215 Å². The topological polar surface area (TPSA) is 68.2 Å². The number of hydrogen-bond donors (Lipinski definition) is 0. The van der Waals surface area contributed by atoms with Gasteiger partial charge in [-0.1, -0.05) is 66.7 Å². The Morgan fingerprint density at radius 3 is 2.46 bits per heavy atom. The van der Waals surface area contributed by atoms with E-state index in [1.54, 1.807) is 37.3 Å². The summed E-state index contributed by atoms with van der Waals surface area (Å²) in [5.74, 6) is 0.274. The second-order valence-corrected chi connectivity index (χ2v) is 8.60. The molecule has 0 fully saturated rings. The average molecular weight is 491 g/mol. The lowest BCUT2D eigenvalue weighted by molar-refractivity contribution is -0.123. The molecule has 0 saturated carbocycles. The molecule has 0 unspecified atom stereocenters. The zero-order valence-corrected chi connectivity index (χ0v) is 20.7. The van der Waals surface area contributed by atoms with Gasteiger partial charge in [-0.15, -0.1) is 0 Å². The summed E-state index contributed by atoms with van der Waals surface area (Å²) in [7, 11) is 0. The predicted octanol–water partition coefficient (Wildman–Crippen LogP) is 6.26. The van der Waals surface area contributed by atoms with Gasteiger partial charge in [0.25, 0.3) is 11.8 Å². The number of ether oxygens (including phenoxy) is 2. The van der Waals surface area contributed by atoms with E-state index in [-0.39, 0.29) is 0 Å². The highest BCUT2D eigenvalue weighted by molar-refractivity contribution is 6.30. The largest absolute Gasteiger partial charge is 0.490 e. The Balaban J connectivity index is 1.37. The number of nitrogens with zero attached hydrogens (tertiary/aromatic N) is 2. The highest BCUT2D eigenvalue weighted by Gasteiger charge is 2.33. The number of fused-ring (bicyclic) bond motifs is 1. The fourth-order valence-electron chi connectivity index (χ4n) is 4.27. The van der Waals surface area contributed by atoms with Crippen molar-refractivity contribution in [3.8, 4) is 11.5 Å². The van der Waals surface area contributed by atoms with E-state index in [4.69, 9.17) is 9.47 Å². The van der Waals surface area contributed by atoms with Gasteiger partial charge in [0.1, 0.15) is 6.61 Å². The molecule has 37 heavy (non-hydrogen) atoms. The van der Waals surface area contributed by atoms with Crippen LogP contribution in [0.25, 0.3) is 16.8 Å². The van der Waals surface area contributed by atoms with Gasteiger partial charge >= 0.3 is 0 Å².